The number of hydrogen-bond acceptors (Lipinski definition) is 4. The maximum Gasteiger partial charge on any atom is 0.332 e. The lowest BCUT2D eigenvalue weighted by Crippen LogP contribution is -2.39. The molecule has 1 aliphatic heterocycles. The van der Waals surface area contributed by atoms with Gasteiger partial charge in [-0.25, -0.2) is 14.1 Å². The molecule has 6 nitrogen and oxygen atoms in total. The van der Waals surface area contributed by atoms with Gasteiger partial charge in [0.25, 0.3) is 5.91 Å². The van der Waals surface area contributed by atoms with Crippen molar-refractivity contribution < 1.29 is 18.8 Å². The second kappa shape index (κ2) is 9.50. The number of carbonyl (C=O) groups is 3. The predicted molar refractivity (Wildman–Crippen MR) is 122 cm³/mol. The van der Waals surface area contributed by atoms with Gasteiger partial charge in [-0.15, -0.1) is 11.3 Å². The molecule has 1 aliphatic rings. The molecule has 1 N–H and O–H groups in total. The Hall–Kier alpha value is -3.23. The molecule has 32 heavy (non-hydrogen) atoms. The van der Waals surface area contributed by atoms with Crippen LogP contribution in [0, 0.1) is 5.82 Å². The van der Waals surface area contributed by atoms with Crippen LogP contribution >= 0.6 is 22.9 Å². The maximum atomic E-state index is 13.3. The van der Waals surface area contributed by atoms with Crippen LogP contribution in [0.1, 0.15) is 11.3 Å². The summed E-state index contributed by atoms with van der Waals surface area (Å²) in [6.45, 7) is 0.279. The van der Waals surface area contributed by atoms with Gasteiger partial charge in [0.1, 0.15) is 11.9 Å². The molecule has 1 atom stereocenters. The molecule has 1 saturated heterocycles. The van der Waals surface area contributed by atoms with E-state index in [1.165, 1.54) is 29.2 Å². The van der Waals surface area contributed by atoms with Gasteiger partial charge in [-0.3, -0.25) is 9.59 Å². The first-order valence-electron chi connectivity index (χ1n) is 9.90. The first kappa shape index (κ1) is 22.0. The van der Waals surface area contributed by atoms with Gasteiger partial charge >= 0.3 is 6.03 Å². The SMILES string of the molecule is O=C(C[C@H]1C(=O)N(c2ccc(F)cc2)C(=O)N1CCc1cccs1)Nc1ccc(Cl)cc1. The summed E-state index contributed by atoms with van der Waals surface area (Å²) in [6.07, 6.45) is 0.360. The molecule has 1 fully saturated rings. The maximum absolute atomic E-state index is 13.3. The Morgan fingerprint density at radius 1 is 1.06 bits per heavy atom. The smallest absolute Gasteiger partial charge is 0.326 e. The Labute approximate surface area is 193 Å². The van der Waals surface area contributed by atoms with Gasteiger partial charge in [-0.1, -0.05) is 17.7 Å². The fraction of sp³-hybridized carbons (Fsp3) is 0.174. The van der Waals surface area contributed by atoms with Gasteiger partial charge < -0.3 is 10.2 Å². The van der Waals surface area contributed by atoms with Crippen molar-refractivity contribution in [3.63, 3.8) is 0 Å². The van der Waals surface area contributed by atoms with E-state index < -0.39 is 29.7 Å². The molecule has 4 rings (SSSR count). The molecule has 0 saturated carbocycles. The van der Waals surface area contributed by atoms with Gasteiger partial charge in [-0.2, -0.15) is 0 Å². The number of benzene rings is 2. The highest BCUT2D eigenvalue weighted by Crippen LogP contribution is 2.28. The minimum atomic E-state index is -0.959. The lowest BCUT2D eigenvalue weighted by Gasteiger charge is -2.21. The molecular weight excluding hydrogens is 453 g/mol. The Bertz CT molecular complexity index is 1120. The van der Waals surface area contributed by atoms with Crippen molar-refractivity contribution in [1.29, 1.82) is 0 Å². The van der Waals surface area contributed by atoms with Crippen LogP contribution in [0.4, 0.5) is 20.6 Å². The van der Waals surface area contributed by atoms with Crippen LogP contribution in [0.2, 0.25) is 5.02 Å². The molecule has 9 heteroatoms. The highest BCUT2D eigenvalue weighted by Gasteiger charge is 2.46. The predicted octanol–water partition coefficient (Wildman–Crippen LogP) is 4.95. The Morgan fingerprint density at radius 2 is 1.78 bits per heavy atom. The number of rotatable bonds is 7. The van der Waals surface area contributed by atoms with E-state index in [0.717, 1.165) is 9.78 Å². The van der Waals surface area contributed by atoms with Crippen LogP contribution < -0.4 is 10.2 Å². The molecule has 164 valence electrons. The normalized spacial score (nSPS) is 16.0. The first-order chi connectivity index (χ1) is 15.4. The second-order valence-corrected chi connectivity index (χ2v) is 8.70. The van der Waals surface area contributed by atoms with Crippen LogP contribution in [0.25, 0.3) is 0 Å². The van der Waals surface area contributed by atoms with Crippen LogP contribution in [0.5, 0.6) is 0 Å². The van der Waals surface area contributed by atoms with Crippen LogP contribution in [0.15, 0.2) is 66.0 Å². The number of thiophene rings is 1. The topological polar surface area (TPSA) is 69.7 Å². The zero-order valence-electron chi connectivity index (χ0n) is 16.8. The molecule has 0 spiro atoms. The van der Waals surface area contributed by atoms with Crippen molar-refractivity contribution in [3.05, 3.63) is 81.8 Å². The van der Waals surface area contributed by atoms with Gasteiger partial charge in [-0.05, 0) is 66.4 Å². The molecular formula is C23H19ClFN3O3S. The van der Waals surface area contributed by atoms with Crippen molar-refractivity contribution in [2.45, 2.75) is 18.9 Å². The van der Waals surface area contributed by atoms with E-state index in [2.05, 4.69) is 5.32 Å². The van der Waals surface area contributed by atoms with Crippen molar-refractivity contribution in [1.82, 2.24) is 4.90 Å². The van der Waals surface area contributed by atoms with Gasteiger partial charge in [0.15, 0.2) is 0 Å². The number of urea groups is 1. The van der Waals surface area contributed by atoms with Crippen LogP contribution in [-0.2, 0) is 16.0 Å². The number of amides is 4. The van der Waals surface area contributed by atoms with Crippen molar-refractivity contribution >= 4 is 52.2 Å². The molecule has 2 heterocycles. The van der Waals surface area contributed by atoms with Gasteiger partial charge in [0, 0.05) is 22.1 Å². The molecule has 1 aromatic heterocycles. The lowest BCUT2D eigenvalue weighted by atomic mass is 10.1. The number of halogens is 2. The lowest BCUT2D eigenvalue weighted by molar-refractivity contribution is -0.124. The van der Waals surface area contributed by atoms with E-state index in [9.17, 15) is 18.8 Å². The minimum absolute atomic E-state index is 0.199. The summed E-state index contributed by atoms with van der Waals surface area (Å²) < 4.78 is 13.3. The molecule has 0 bridgehead atoms. The third-order valence-electron chi connectivity index (χ3n) is 5.09. The van der Waals surface area contributed by atoms with Gasteiger partial charge in [0.2, 0.25) is 5.91 Å². The summed E-state index contributed by atoms with van der Waals surface area (Å²) in [5.41, 5.74) is 0.805. The number of nitrogens with zero attached hydrogens (tertiary/aromatic N) is 2. The number of nitrogens with one attached hydrogen (secondary N) is 1. The summed E-state index contributed by atoms with van der Waals surface area (Å²) in [6, 6.07) is 14.1. The quantitative estimate of drug-likeness (QED) is 0.496. The fourth-order valence-electron chi connectivity index (χ4n) is 3.52. The first-order valence-corrected chi connectivity index (χ1v) is 11.2. The molecule has 2 aromatic carbocycles. The second-order valence-electron chi connectivity index (χ2n) is 7.23. The Kier molecular flexibility index (Phi) is 6.53. The van der Waals surface area contributed by atoms with E-state index in [-0.39, 0.29) is 18.7 Å². The standard InChI is InChI=1S/C23H19ClFN3O3S/c24-15-3-7-17(8-4-15)26-21(29)14-20-22(30)28(18-9-5-16(25)6-10-18)23(31)27(20)12-11-19-2-1-13-32-19/h1-10,13,20H,11-12,14H2,(H,26,29)/t20-/m0/s1. The molecule has 0 unspecified atom stereocenters. The molecule has 3 aromatic rings. The average molecular weight is 472 g/mol. The molecule has 4 amide bonds. The zero-order valence-corrected chi connectivity index (χ0v) is 18.4. The highest BCUT2D eigenvalue weighted by molar-refractivity contribution is 7.09. The van der Waals surface area contributed by atoms with Crippen LogP contribution in [-0.4, -0.2) is 35.3 Å². The third-order valence-corrected chi connectivity index (χ3v) is 6.28. The fourth-order valence-corrected chi connectivity index (χ4v) is 4.35. The zero-order chi connectivity index (χ0) is 22.7. The monoisotopic (exact) mass is 471 g/mol. The number of hydrogen-bond donors (Lipinski definition) is 1. The summed E-state index contributed by atoms with van der Waals surface area (Å²) in [5, 5.41) is 5.20. The molecule has 0 radical (unpaired) electrons. The summed E-state index contributed by atoms with van der Waals surface area (Å²) >= 11 is 7.43. The van der Waals surface area contributed by atoms with Crippen LogP contribution in [0.3, 0.4) is 0 Å². The Morgan fingerprint density at radius 3 is 2.44 bits per heavy atom. The van der Waals surface area contributed by atoms with Crippen molar-refractivity contribution in [3.8, 4) is 0 Å². The number of anilines is 2. The number of imide groups is 1. The average Bonchev–Trinajstić information content (AvgIpc) is 3.36. The van der Waals surface area contributed by atoms with E-state index in [0.29, 0.717) is 17.1 Å². The summed E-state index contributed by atoms with van der Waals surface area (Å²) in [7, 11) is 0. The van der Waals surface area contributed by atoms with E-state index >= 15 is 0 Å². The third kappa shape index (κ3) is 4.81. The number of carbonyl (C=O) groups excluding carboxylic acids is 3. The highest BCUT2D eigenvalue weighted by atomic mass is 35.5. The van der Waals surface area contributed by atoms with E-state index in [1.54, 1.807) is 35.6 Å². The summed E-state index contributed by atoms with van der Waals surface area (Å²) in [5.74, 6) is -1.39. The van der Waals surface area contributed by atoms with E-state index in [1.807, 2.05) is 17.5 Å². The van der Waals surface area contributed by atoms with Gasteiger partial charge in [0.05, 0.1) is 12.1 Å². The van der Waals surface area contributed by atoms with E-state index in [4.69, 9.17) is 11.6 Å². The molecule has 0 aliphatic carbocycles. The van der Waals surface area contributed by atoms with Crippen molar-refractivity contribution in [2.75, 3.05) is 16.8 Å². The minimum Gasteiger partial charge on any atom is -0.326 e. The largest absolute Gasteiger partial charge is 0.332 e. The van der Waals surface area contributed by atoms with Crippen molar-refractivity contribution in [2.24, 2.45) is 0 Å². The Balaban J connectivity index is 1.54. The summed E-state index contributed by atoms with van der Waals surface area (Å²) in [4.78, 5) is 42.5.